The number of carbonyl (C=O) groups is 1. The van der Waals surface area contributed by atoms with Gasteiger partial charge in [0.1, 0.15) is 12.4 Å². The summed E-state index contributed by atoms with van der Waals surface area (Å²) in [6.45, 7) is 1.32. The Morgan fingerprint density at radius 1 is 1.00 bits per heavy atom. The van der Waals surface area contributed by atoms with Gasteiger partial charge in [-0.25, -0.2) is 12.8 Å². The van der Waals surface area contributed by atoms with Gasteiger partial charge in [-0.1, -0.05) is 48.5 Å². The molecule has 0 bridgehead atoms. The Kier molecular flexibility index (Phi) is 6.28. The molecular weight excluding hydrogens is 427 g/mol. The van der Waals surface area contributed by atoms with E-state index in [1.165, 1.54) is 47.5 Å². The van der Waals surface area contributed by atoms with Crippen molar-refractivity contribution < 1.29 is 17.6 Å². The molecule has 4 rings (SSSR count). The van der Waals surface area contributed by atoms with Gasteiger partial charge in [0.2, 0.25) is 5.91 Å². The van der Waals surface area contributed by atoms with Gasteiger partial charge in [-0.2, -0.15) is 0 Å². The zero-order chi connectivity index (χ0) is 22.7. The Labute approximate surface area is 187 Å². The summed E-state index contributed by atoms with van der Waals surface area (Å²) < 4.78 is 41.9. The summed E-state index contributed by atoms with van der Waals surface area (Å²) in [6, 6.07) is 19.1. The van der Waals surface area contributed by atoms with Crippen molar-refractivity contribution in [3.63, 3.8) is 0 Å². The lowest BCUT2D eigenvalue weighted by atomic mass is 10.0. The van der Waals surface area contributed by atoms with Crippen LogP contribution in [0.15, 0.2) is 77.7 Å². The second-order valence-electron chi connectivity index (χ2n) is 7.95. The van der Waals surface area contributed by atoms with Crippen molar-refractivity contribution in [1.29, 1.82) is 0 Å². The number of nitrogens with zero attached hydrogens (tertiary/aromatic N) is 1. The van der Waals surface area contributed by atoms with Crippen LogP contribution < -0.4 is 9.62 Å². The molecule has 1 aliphatic carbocycles. The number of para-hydroxylation sites is 1. The zero-order valence-corrected chi connectivity index (χ0v) is 18.6. The third-order valence-corrected chi connectivity index (χ3v) is 7.51. The first-order valence-corrected chi connectivity index (χ1v) is 12.0. The first-order valence-electron chi connectivity index (χ1n) is 10.6. The van der Waals surface area contributed by atoms with Crippen molar-refractivity contribution in [3.05, 3.63) is 95.3 Å². The number of aryl methyl sites for hydroxylation is 2. The predicted molar refractivity (Wildman–Crippen MR) is 122 cm³/mol. The van der Waals surface area contributed by atoms with Crippen LogP contribution in [0, 0.1) is 5.82 Å². The number of rotatable bonds is 7. The Morgan fingerprint density at radius 3 is 2.44 bits per heavy atom. The number of fused-ring (bicyclic) bond motifs is 1. The molecule has 1 unspecified atom stereocenters. The summed E-state index contributed by atoms with van der Waals surface area (Å²) in [5.41, 5.74) is 3.43. The second-order valence-corrected chi connectivity index (χ2v) is 9.81. The number of anilines is 1. The molecule has 7 heteroatoms. The number of amides is 1. The molecule has 1 atom stereocenters. The van der Waals surface area contributed by atoms with E-state index < -0.39 is 28.3 Å². The highest BCUT2D eigenvalue weighted by atomic mass is 32.2. The third kappa shape index (κ3) is 4.53. The minimum Gasteiger partial charge on any atom is -0.348 e. The zero-order valence-electron chi connectivity index (χ0n) is 17.8. The van der Waals surface area contributed by atoms with Crippen molar-refractivity contribution in [2.24, 2.45) is 0 Å². The number of halogens is 1. The van der Waals surface area contributed by atoms with Crippen LogP contribution in [0.4, 0.5) is 10.1 Å². The number of nitrogens with one attached hydrogen (secondary N) is 1. The smallest absolute Gasteiger partial charge is 0.264 e. The molecule has 3 aromatic rings. The van der Waals surface area contributed by atoms with Crippen LogP contribution >= 0.6 is 0 Å². The van der Waals surface area contributed by atoms with Gasteiger partial charge < -0.3 is 5.32 Å². The van der Waals surface area contributed by atoms with Crippen LogP contribution in [0.25, 0.3) is 0 Å². The van der Waals surface area contributed by atoms with E-state index in [1.54, 1.807) is 18.2 Å². The van der Waals surface area contributed by atoms with Gasteiger partial charge in [-0.05, 0) is 67.1 Å². The van der Waals surface area contributed by atoms with Gasteiger partial charge in [0, 0.05) is 0 Å². The molecule has 0 saturated heterocycles. The van der Waals surface area contributed by atoms with Crippen molar-refractivity contribution in [1.82, 2.24) is 5.32 Å². The quantitative estimate of drug-likeness (QED) is 0.578. The summed E-state index contributed by atoms with van der Waals surface area (Å²) in [6.07, 6.45) is 3.24. The Balaban J connectivity index is 1.58. The normalized spacial score (nSPS) is 13.9. The number of sulfonamides is 1. The van der Waals surface area contributed by atoms with Gasteiger partial charge in [0.25, 0.3) is 10.0 Å². The van der Waals surface area contributed by atoms with E-state index in [4.69, 9.17) is 0 Å². The highest BCUT2D eigenvalue weighted by Gasteiger charge is 2.29. The van der Waals surface area contributed by atoms with E-state index in [0.717, 1.165) is 29.1 Å². The summed E-state index contributed by atoms with van der Waals surface area (Å²) in [4.78, 5) is 12.9. The highest BCUT2D eigenvalue weighted by molar-refractivity contribution is 7.92. The number of hydrogen-bond donors (Lipinski definition) is 1. The second kappa shape index (κ2) is 9.12. The van der Waals surface area contributed by atoms with Crippen LogP contribution in [0.1, 0.15) is 36.1 Å². The summed E-state index contributed by atoms with van der Waals surface area (Å²) >= 11 is 0. The standard InChI is InChI=1S/C25H25FN2O3S/c1-18(20-15-14-19-8-7-9-21(19)16-20)27-25(29)17-28(24-13-6-5-12-23(24)26)32(30,31)22-10-3-2-4-11-22/h2-6,10-16,18H,7-9,17H2,1H3,(H,27,29). The van der Waals surface area contributed by atoms with Gasteiger partial charge in [0.15, 0.2) is 0 Å². The van der Waals surface area contributed by atoms with Crippen molar-refractivity contribution in [2.75, 3.05) is 10.8 Å². The fraction of sp³-hybridized carbons (Fsp3) is 0.240. The molecule has 32 heavy (non-hydrogen) atoms. The average molecular weight is 453 g/mol. The number of benzene rings is 3. The molecule has 166 valence electrons. The van der Waals surface area contributed by atoms with Crippen LogP contribution in [-0.4, -0.2) is 20.9 Å². The van der Waals surface area contributed by atoms with Crippen molar-refractivity contribution in [3.8, 4) is 0 Å². The fourth-order valence-corrected chi connectivity index (χ4v) is 5.49. The van der Waals surface area contributed by atoms with Crippen LogP contribution in [0.3, 0.4) is 0 Å². The van der Waals surface area contributed by atoms with Crippen LogP contribution in [0.5, 0.6) is 0 Å². The molecule has 1 aliphatic rings. The van der Waals surface area contributed by atoms with Gasteiger partial charge in [-0.15, -0.1) is 0 Å². The van der Waals surface area contributed by atoms with E-state index in [0.29, 0.717) is 0 Å². The maximum absolute atomic E-state index is 14.6. The Morgan fingerprint density at radius 2 is 1.69 bits per heavy atom. The van der Waals surface area contributed by atoms with Gasteiger partial charge in [-0.3, -0.25) is 9.10 Å². The molecular formula is C25H25FN2O3S. The summed E-state index contributed by atoms with van der Waals surface area (Å²) in [5, 5.41) is 2.86. The molecule has 1 N–H and O–H groups in total. The number of carbonyl (C=O) groups excluding carboxylic acids is 1. The summed E-state index contributed by atoms with van der Waals surface area (Å²) in [5.74, 6) is -1.23. The summed E-state index contributed by atoms with van der Waals surface area (Å²) in [7, 11) is -4.15. The molecule has 5 nitrogen and oxygen atoms in total. The van der Waals surface area contributed by atoms with Crippen molar-refractivity contribution >= 4 is 21.6 Å². The fourth-order valence-electron chi connectivity index (χ4n) is 4.04. The Hall–Kier alpha value is -3.19. The first kappa shape index (κ1) is 22.0. The van der Waals surface area contributed by atoms with E-state index in [9.17, 15) is 17.6 Å². The van der Waals surface area contributed by atoms with Crippen LogP contribution in [-0.2, 0) is 27.7 Å². The minimum absolute atomic E-state index is 0.0114. The molecule has 3 aromatic carbocycles. The Bertz CT molecular complexity index is 1230. The van der Waals surface area contributed by atoms with Gasteiger partial charge in [0.05, 0.1) is 16.6 Å². The highest BCUT2D eigenvalue weighted by Crippen LogP contribution is 2.27. The molecule has 1 amide bonds. The molecule has 0 fully saturated rings. The van der Waals surface area contributed by atoms with Crippen molar-refractivity contribution in [2.45, 2.75) is 37.1 Å². The van der Waals surface area contributed by atoms with E-state index >= 15 is 0 Å². The van der Waals surface area contributed by atoms with E-state index in [1.807, 2.05) is 13.0 Å². The number of hydrogen-bond acceptors (Lipinski definition) is 3. The van der Waals surface area contributed by atoms with E-state index in [-0.39, 0.29) is 16.6 Å². The predicted octanol–water partition coefficient (Wildman–Crippen LogP) is 4.39. The third-order valence-electron chi connectivity index (χ3n) is 5.74. The molecule has 0 heterocycles. The van der Waals surface area contributed by atoms with Crippen LogP contribution in [0.2, 0.25) is 0 Å². The topological polar surface area (TPSA) is 66.5 Å². The molecule has 0 spiro atoms. The maximum atomic E-state index is 14.6. The molecule has 0 aromatic heterocycles. The van der Waals surface area contributed by atoms with E-state index in [2.05, 4.69) is 17.4 Å². The minimum atomic E-state index is -4.15. The molecule has 0 aliphatic heterocycles. The monoisotopic (exact) mass is 452 g/mol. The van der Waals surface area contributed by atoms with Gasteiger partial charge >= 0.3 is 0 Å². The average Bonchev–Trinajstić information content (AvgIpc) is 3.26. The lowest BCUT2D eigenvalue weighted by Gasteiger charge is -2.25. The molecule has 0 radical (unpaired) electrons. The largest absolute Gasteiger partial charge is 0.348 e. The lowest BCUT2D eigenvalue weighted by molar-refractivity contribution is -0.120. The lowest BCUT2D eigenvalue weighted by Crippen LogP contribution is -2.42. The molecule has 0 saturated carbocycles. The first-order chi connectivity index (χ1) is 15.4. The maximum Gasteiger partial charge on any atom is 0.264 e. The SMILES string of the molecule is CC(NC(=O)CN(c1ccccc1F)S(=O)(=O)c1ccccc1)c1ccc2c(c1)CCC2.